The van der Waals surface area contributed by atoms with E-state index in [1.807, 2.05) is 0 Å². The van der Waals surface area contributed by atoms with E-state index >= 15 is 0 Å². The van der Waals surface area contributed by atoms with Crippen LogP contribution in [0.15, 0.2) is 0 Å². The summed E-state index contributed by atoms with van der Waals surface area (Å²) in [4.78, 5) is 28.9. The third kappa shape index (κ3) is 2.35. The summed E-state index contributed by atoms with van der Waals surface area (Å²) in [5.41, 5.74) is 6.78. The molecule has 0 aromatic carbocycles. The highest BCUT2D eigenvalue weighted by atomic mass is 32.1. The lowest BCUT2D eigenvalue weighted by Gasteiger charge is -2.05. The molecule has 0 unspecified atom stereocenters. The Morgan fingerprint density at radius 1 is 1.43 bits per heavy atom. The summed E-state index contributed by atoms with van der Waals surface area (Å²) >= 11 is 1.40. The number of aromatic nitrogens is 3. The zero-order valence-electron chi connectivity index (χ0n) is 11.2. The first-order valence-electron chi connectivity index (χ1n) is 6.32. The van der Waals surface area contributed by atoms with E-state index in [4.69, 9.17) is 10.5 Å². The molecule has 3 rings (SSSR count). The Kier molecular flexibility index (Phi) is 3.34. The molecule has 0 fully saturated rings. The van der Waals surface area contributed by atoms with Crippen molar-refractivity contribution in [3.8, 4) is 0 Å². The maximum atomic E-state index is 12.1. The molecular formula is C12H13N5O3S. The van der Waals surface area contributed by atoms with Gasteiger partial charge in [-0.25, -0.2) is 4.79 Å². The molecule has 110 valence electrons. The number of hydrogen-bond acceptors (Lipinski definition) is 7. The zero-order chi connectivity index (χ0) is 15.0. The number of aryl methyl sites for hydroxylation is 1. The fourth-order valence-corrected chi connectivity index (χ4v) is 3.62. The average molecular weight is 307 g/mol. The molecule has 0 radical (unpaired) electrons. The van der Waals surface area contributed by atoms with E-state index in [1.54, 1.807) is 0 Å². The minimum absolute atomic E-state index is 0.00289. The number of carbonyl (C=O) groups excluding carboxylic acids is 2. The Morgan fingerprint density at radius 2 is 2.24 bits per heavy atom. The average Bonchev–Trinajstić information content (AvgIpc) is 3.13. The molecule has 0 atom stereocenters. The van der Waals surface area contributed by atoms with E-state index in [0.29, 0.717) is 10.6 Å². The van der Waals surface area contributed by atoms with Gasteiger partial charge in [0.05, 0.1) is 12.7 Å². The van der Waals surface area contributed by atoms with Crippen LogP contribution in [0.4, 0.5) is 10.9 Å². The molecule has 1 aliphatic carbocycles. The number of methoxy groups -OCH3 is 1. The topological polar surface area (TPSA) is 123 Å². The minimum Gasteiger partial charge on any atom is -0.465 e. The van der Waals surface area contributed by atoms with Crippen molar-refractivity contribution in [3.05, 3.63) is 21.8 Å². The monoisotopic (exact) mass is 307 g/mol. The fourth-order valence-electron chi connectivity index (χ4n) is 2.35. The van der Waals surface area contributed by atoms with Gasteiger partial charge in [0, 0.05) is 4.88 Å². The number of H-pyrrole nitrogens is 1. The van der Waals surface area contributed by atoms with Crippen molar-refractivity contribution in [3.63, 3.8) is 0 Å². The summed E-state index contributed by atoms with van der Waals surface area (Å²) in [6, 6.07) is 0. The summed E-state index contributed by atoms with van der Waals surface area (Å²) in [6.45, 7) is 0. The highest BCUT2D eigenvalue weighted by Gasteiger charge is 2.28. The van der Waals surface area contributed by atoms with Gasteiger partial charge in [-0.2, -0.15) is 4.98 Å². The first-order chi connectivity index (χ1) is 10.1. The largest absolute Gasteiger partial charge is 0.465 e. The Balaban J connectivity index is 1.92. The van der Waals surface area contributed by atoms with Crippen LogP contribution in [0.2, 0.25) is 0 Å². The third-order valence-corrected chi connectivity index (χ3v) is 4.46. The lowest BCUT2D eigenvalue weighted by atomic mass is 10.1. The van der Waals surface area contributed by atoms with E-state index in [-0.39, 0.29) is 11.8 Å². The van der Waals surface area contributed by atoms with E-state index in [2.05, 4.69) is 20.5 Å². The molecule has 2 aromatic rings. The van der Waals surface area contributed by atoms with E-state index in [9.17, 15) is 9.59 Å². The van der Waals surface area contributed by atoms with Gasteiger partial charge in [0.15, 0.2) is 0 Å². The van der Waals surface area contributed by atoms with Gasteiger partial charge in [-0.05, 0) is 24.8 Å². The molecule has 1 aliphatic rings. The molecule has 2 heterocycles. The van der Waals surface area contributed by atoms with Gasteiger partial charge in [-0.15, -0.1) is 16.4 Å². The predicted octanol–water partition coefficient (Wildman–Crippen LogP) is 0.976. The number of anilines is 2. The van der Waals surface area contributed by atoms with Gasteiger partial charge in [0.1, 0.15) is 5.00 Å². The van der Waals surface area contributed by atoms with Crippen LogP contribution in [0, 0.1) is 0 Å². The van der Waals surface area contributed by atoms with Crippen molar-refractivity contribution in [2.45, 2.75) is 19.3 Å². The van der Waals surface area contributed by atoms with Crippen molar-refractivity contribution in [1.82, 2.24) is 15.2 Å². The number of nitrogens with one attached hydrogen (secondary N) is 2. The van der Waals surface area contributed by atoms with Crippen molar-refractivity contribution >= 4 is 34.2 Å². The molecule has 0 aliphatic heterocycles. The molecule has 21 heavy (non-hydrogen) atoms. The first kappa shape index (κ1) is 13.6. The normalized spacial score (nSPS) is 13.0. The molecule has 4 N–H and O–H groups in total. The second-order valence-corrected chi connectivity index (χ2v) is 5.65. The molecule has 1 amide bonds. The number of aromatic amines is 1. The lowest BCUT2D eigenvalue weighted by Crippen LogP contribution is -2.16. The quantitative estimate of drug-likeness (QED) is 0.726. The summed E-state index contributed by atoms with van der Waals surface area (Å²) in [7, 11) is 1.32. The first-order valence-corrected chi connectivity index (χ1v) is 7.14. The summed E-state index contributed by atoms with van der Waals surface area (Å²) < 4.78 is 4.81. The minimum atomic E-state index is -0.496. The fraction of sp³-hybridized carbons (Fsp3) is 0.333. The van der Waals surface area contributed by atoms with Crippen molar-refractivity contribution < 1.29 is 14.3 Å². The third-order valence-electron chi connectivity index (χ3n) is 3.26. The second-order valence-electron chi connectivity index (χ2n) is 4.55. The predicted molar refractivity (Wildman–Crippen MR) is 76.4 cm³/mol. The Bertz CT molecular complexity index is 721. The number of nitrogens with zero attached hydrogens (tertiary/aromatic N) is 2. The number of nitrogens with two attached hydrogens (primary N) is 1. The van der Waals surface area contributed by atoms with Crippen LogP contribution in [-0.4, -0.2) is 34.2 Å². The van der Waals surface area contributed by atoms with Crippen LogP contribution < -0.4 is 11.1 Å². The van der Waals surface area contributed by atoms with Gasteiger partial charge >= 0.3 is 5.97 Å². The summed E-state index contributed by atoms with van der Waals surface area (Å²) in [6.07, 6.45) is 2.74. The maximum absolute atomic E-state index is 12.1. The Hall–Kier alpha value is -2.42. The van der Waals surface area contributed by atoms with Gasteiger partial charge in [-0.3, -0.25) is 9.89 Å². The van der Waals surface area contributed by atoms with E-state index in [1.165, 1.54) is 18.4 Å². The maximum Gasteiger partial charge on any atom is 0.341 e. The number of thiophene rings is 1. The number of ether oxygens (including phenoxy) is 1. The van der Waals surface area contributed by atoms with Gasteiger partial charge in [0.2, 0.25) is 11.8 Å². The van der Waals surface area contributed by atoms with Gasteiger partial charge in [-0.1, -0.05) is 0 Å². The number of hydrogen-bond donors (Lipinski definition) is 3. The number of amides is 1. The summed E-state index contributed by atoms with van der Waals surface area (Å²) in [5, 5.41) is 9.18. The SMILES string of the molecule is COC(=O)c1c(NC(=O)c2nc(N)n[nH]2)sc2c1CCC2. The standard InChI is InChI=1S/C12H13N5O3S/c1-20-11(19)7-5-3-2-4-6(5)21-10(7)15-9(18)8-14-12(13)17-16-8/h2-4H2,1H3,(H,15,18)(H3,13,14,16,17). The van der Waals surface area contributed by atoms with E-state index in [0.717, 1.165) is 29.7 Å². The van der Waals surface area contributed by atoms with Crippen molar-refractivity contribution in [1.29, 1.82) is 0 Å². The van der Waals surface area contributed by atoms with Crippen LogP contribution in [0.5, 0.6) is 0 Å². The molecule has 0 bridgehead atoms. The van der Waals surface area contributed by atoms with E-state index < -0.39 is 11.9 Å². The second kappa shape index (κ2) is 5.17. The van der Waals surface area contributed by atoms with Crippen LogP contribution >= 0.6 is 11.3 Å². The number of esters is 1. The number of fused-ring (bicyclic) bond motifs is 1. The van der Waals surface area contributed by atoms with Crippen LogP contribution in [0.1, 0.15) is 37.8 Å². The van der Waals surface area contributed by atoms with Crippen molar-refractivity contribution in [2.24, 2.45) is 0 Å². The molecule has 0 saturated heterocycles. The molecule has 0 saturated carbocycles. The van der Waals surface area contributed by atoms with Gasteiger partial charge in [0.25, 0.3) is 5.91 Å². The molecule has 2 aromatic heterocycles. The lowest BCUT2D eigenvalue weighted by molar-refractivity contribution is 0.0601. The molecule has 0 spiro atoms. The zero-order valence-corrected chi connectivity index (χ0v) is 12.0. The molecular weight excluding hydrogens is 294 g/mol. The van der Waals surface area contributed by atoms with Crippen LogP contribution in [0.25, 0.3) is 0 Å². The summed E-state index contributed by atoms with van der Waals surface area (Å²) in [5.74, 6) is -0.954. The Morgan fingerprint density at radius 3 is 2.90 bits per heavy atom. The van der Waals surface area contributed by atoms with Crippen LogP contribution in [0.3, 0.4) is 0 Å². The number of carbonyl (C=O) groups is 2. The van der Waals surface area contributed by atoms with Gasteiger partial charge < -0.3 is 15.8 Å². The number of nitrogen functional groups attached to an aromatic ring is 1. The Labute approximate surface area is 123 Å². The molecule has 8 nitrogen and oxygen atoms in total. The smallest absolute Gasteiger partial charge is 0.341 e. The van der Waals surface area contributed by atoms with Crippen molar-refractivity contribution in [2.75, 3.05) is 18.2 Å². The molecule has 9 heteroatoms. The number of rotatable bonds is 3. The van der Waals surface area contributed by atoms with Crippen LogP contribution in [-0.2, 0) is 17.6 Å². The highest BCUT2D eigenvalue weighted by molar-refractivity contribution is 7.17. The highest BCUT2D eigenvalue weighted by Crippen LogP contribution is 2.39.